The lowest BCUT2D eigenvalue weighted by Gasteiger charge is -2.16. The van der Waals surface area contributed by atoms with E-state index >= 15 is 0 Å². The first kappa shape index (κ1) is 20.1. The first-order chi connectivity index (χ1) is 13.3. The summed E-state index contributed by atoms with van der Waals surface area (Å²) >= 11 is 1.22. The van der Waals surface area contributed by atoms with Gasteiger partial charge in [0.25, 0.3) is 11.8 Å². The van der Waals surface area contributed by atoms with Gasteiger partial charge in [-0.15, -0.1) is 11.8 Å². The lowest BCUT2D eigenvalue weighted by Crippen LogP contribution is -2.32. The van der Waals surface area contributed by atoms with Crippen molar-refractivity contribution in [2.24, 2.45) is 0 Å². The van der Waals surface area contributed by atoms with Crippen molar-refractivity contribution >= 4 is 34.8 Å². The van der Waals surface area contributed by atoms with Crippen LogP contribution in [-0.4, -0.2) is 23.7 Å². The summed E-state index contributed by atoms with van der Waals surface area (Å²) < 4.78 is 33.1. The second-order valence-corrected chi connectivity index (χ2v) is 7.64. The van der Waals surface area contributed by atoms with Crippen LogP contribution >= 0.6 is 11.8 Å². The van der Waals surface area contributed by atoms with Crippen molar-refractivity contribution in [3.63, 3.8) is 0 Å². The molecule has 0 bridgehead atoms. The molecule has 28 heavy (non-hydrogen) atoms. The van der Waals surface area contributed by atoms with E-state index in [2.05, 4.69) is 0 Å². The third-order valence-corrected chi connectivity index (χ3v) is 4.95. The van der Waals surface area contributed by atoms with Gasteiger partial charge in [0.2, 0.25) is 0 Å². The van der Waals surface area contributed by atoms with E-state index in [1.54, 1.807) is 24.3 Å². The van der Waals surface area contributed by atoms with Gasteiger partial charge in [-0.2, -0.15) is 0 Å². The highest BCUT2D eigenvalue weighted by Crippen LogP contribution is 2.39. The van der Waals surface area contributed by atoms with E-state index in [0.717, 1.165) is 17.0 Å². The first-order valence-electron chi connectivity index (χ1n) is 8.81. The number of thioether (sulfide) groups is 1. The molecule has 0 spiro atoms. The van der Waals surface area contributed by atoms with Crippen LogP contribution in [0.4, 0.5) is 14.5 Å². The SMILES string of the molecule is CCSC1=C(c2ccc(OC(C)C)cc2)C(=O)N(c2ccc(F)cc2F)C1=O. The van der Waals surface area contributed by atoms with Crippen LogP contribution in [0.1, 0.15) is 26.3 Å². The highest BCUT2D eigenvalue weighted by Gasteiger charge is 2.41. The molecule has 0 saturated carbocycles. The van der Waals surface area contributed by atoms with Crippen LogP contribution < -0.4 is 9.64 Å². The van der Waals surface area contributed by atoms with E-state index in [4.69, 9.17) is 4.74 Å². The van der Waals surface area contributed by atoms with E-state index in [-0.39, 0.29) is 22.3 Å². The van der Waals surface area contributed by atoms with Gasteiger partial charge in [0.15, 0.2) is 0 Å². The molecule has 7 heteroatoms. The fraction of sp³-hybridized carbons (Fsp3) is 0.238. The number of amides is 2. The minimum absolute atomic E-state index is 0.00269. The zero-order chi connectivity index (χ0) is 20.4. The fourth-order valence-corrected chi connectivity index (χ4v) is 3.75. The molecule has 1 aliphatic heterocycles. The predicted octanol–water partition coefficient (Wildman–Crippen LogP) is 4.79. The topological polar surface area (TPSA) is 46.6 Å². The number of carbonyl (C=O) groups is 2. The van der Waals surface area contributed by atoms with Crippen molar-refractivity contribution in [1.82, 2.24) is 0 Å². The number of nitrogens with zero attached hydrogens (tertiary/aromatic N) is 1. The number of benzene rings is 2. The van der Waals surface area contributed by atoms with Crippen molar-refractivity contribution in [2.45, 2.75) is 26.9 Å². The number of ether oxygens (including phenoxy) is 1. The molecular formula is C21H19F2NO3S. The van der Waals surface area contributed by atoms with Crippen molar-refractivity contribution in [2.75, 3.05) is 10.7 Å². The number of halogens is 2. The molecule has 2 amide bonds. The maximum Gasteiger partial charge on any atom is 0.272 e. The molecule has 0 aliphatic carbocycles. The minimum Gasteiger partial charge on any atom is -0.491 e. The van der Waals surface area contributed by atoms with Crippen LogP contribution in [0, 0.1) is 11.6 Å². The normalized spacial score (nSPS) is 14.4. The summed E-state index contributed by atoms with van der Waals surface area (Å²) in [5, 5.41) is 0. The summed E-state index contributed by atoms with van der Waals surface area (Å²) in [7, 11) is 0. The number of hydrogen-bond acceptors (Lipinski definition) is 4. The third kappa shape index (κ3) is 3.80. The largest absolute Gasteiger partial charge is 0.491 e. The zero-order valence-corrected chi connectivity index (χ0v) is 16.5. The quantitative estimate of drug-likeness (QED) is 0.651. The van der Waals surface area contributed by atoms with Crippen LogP contribution in [0.15, 0.2) is 47.4 Å². The van der Waals surface area contributed by atoms with Crippen LogP contribution in [0.25, 0.3) is 5.57 Å². The van der Waals surface area contributed by atoms with Crippen LogP contribution in [0.2, 0.25) is 0 Å². The van der Waals surface area contributed by atoms with E-state index in [0.29, 0.717) is 23.1 Å². The third-order valence-electron chi connectivity index (χ3n) is 4.00. The number of anilines is 1. The molecule has 2 aromatic rings. The van der Waals surface area contributed by atoms with Crippen molar-refractivity contribution in [1.29, 1.82) is 0 Å². The monoisotopic (exact) mass is 403 g/mol. The van der Waals surface area contributed by atoms with Crippen molar-refractivity contribution in [3.8, 4) is 5.75 Å². The van der Waals surface area contributed by atoms with Crippen molar-refractivity contribution in [3.05, 3.63) is 64.6 Å². The summed E-state index contributed by atoms with van der Waals surface area (Å²) in [5.74, 6) is -1.79. The highest BCUT2D eigenvalue weighted by atomic mass is 32.2. The number of rotatable bonds is 6. The Morgan fingerprint density at radius 2 is 1.71 bits per heavy atom. The summed E-state index contributed by atoms with van der Waals surface area (Å²) in [5.41, 5.74) is 0.479. The van der Waals surface area contributed by atoms with E-state index in [1.165, 1.54) is 11.8 Å². The molecule has 0 fully saturated rings. The standard InChI is InChI=1S/C21H19F2NO3S/c1-4-28-19-18(13-5-8-15(9-6-13)27-12(2)3)20(25)24(21(19)26)17-10-7-14(22)11-16(17)23/h5-12H,4H2,1-3H3. The van der Waals surface area contributed by atoms with E-state index in [9.17, 15) is 18.4 Å². The average molecular weight is 403 g/mol. The molecule has 0 aromatic heterocycles. The highest BCUT2D eigenvalue weighted by molar-refractivity contribution is 8.04. The predicted molar refractivity (Wildman–Crippen MR) is 106 cm³/mol. The lowest BCUT2D eigenvalue weighted by molar-refractivity contribution is -0.119. The lowest BCUT2D eigenvalue weighted by atomic mass is 10.1. The average Bonchev–Trinajstić information content (AvgIpc) is 2.87. The van der Waals surface area contributed by atoms with Crippen LogP contribution in [-0.2, 0) is 9.59 Å². The van der Waals surface area contributed by atoms with Gasteiger partial charge in [0.05, 0.1) is 22.3 Å². The van der Waals surface area contributed by atoms with Gasteiger partial charge >= 0.3 is 0 Å². The van der Waals surface area contributed by atoms with Crippen LogP contribution in [0.3, 0.4) is 0 Å². The Kier molecular flexibility index (Phi) is 5.84. The Balaban J connectivity index is 2.03. The van der Waals surface area contributed by atoms with Gasteiger partial charge in [-0.25, -0.2) is 13.7 Å². The number of carbonyl (C=O) groups excluding carboxylic acids is 2. The summed E-state index contributed by atoms with van der Waals surface area (Å²) in [4.78, 5) is 26.9. The Bertz CT molecular complexity index is 955. The maximum atomic E-state index is 14.2. The summed E-state index contributed by atoms with van der Waals surface area (Å²) in [6.07, 6.45) is 0.00269. The molecule has 0 saturated heterocycles. The Morgan fingerprint density at radius 3 is 2.29 bits per heavy atom. The maximum absolute atomic E-state index is 14.2. The molecule has 0 N–H and O–H groups in total. The molecular weight excluding hydrogens is 384 g/mol. The number of hydrogen-bond donors (Lipinski definition) is 0. The molecule has 1 heterocycles. The molecule has 0 unspecified atom stereocenters. The van der Waals surface area contributed by atoms with Crippen molar-refractivity contribution < 1.29 is 23.1 Å². The fourth-order valence-electron chi connectivity index (χ4n) is 2.90. The molecule has 0 atom stereocenters. The smallest absolute Gasteiger partial charge is 0.272 e. The van der Waals surface area contributed by atoms with Gasteiger partial charge < -0.3 is 4.74 Å². The van der Waals surface area contributed by atoms with E-state index < -0.39 is 23.4 Å². The molecule has 0 radical (unpaired) electrons. The molecule has 4 nitrogen and oxygen atoms in total. The van der Waals surface area contributed by atoms with Gasteiger partial charge in [-0.3, -0.25) is 9.59 Å². The molecule has 2 aromatic carbocycles. The van der Waals surface area contributed by atoms with E-state index in [1.807, 2.05) is 20.8 Å². The molecule has 146 valence electrons. The van der Waals surface area contributed by atoms with Crippen LogP contribution in [0.5, 0.6) is 5.75 Å². The summed E-state index contributed by atoms with van der Waals surface area (Å²) in [6, 6.07) is 9.58. The minimum atomic E-state index is -0.968. The first-order valence-corrected chi connectivity index (χ1v) is 9.80. The Morgan fingerprint density at radius 1 is 1.04 bits per heavy atom. The van der Waals surface area contributed by atoms with Gasteiger partial charge in [0, 0.05) is 6.07 Å². The second kappa shape index (κ2) is 8.14. The molecule has 1 aliphatic rings. The summed E-state index contributed by atoms with van der Waals surface area (Å²) in [6.45, 7) is 5.66. The molecule has 3 rings (SSSR count). The Hall–Kier alpha value is -2.67. The van der Waals surface area contributed by atoms with Gasteiger partial charge in [0.1, 0.15) is 17.4 Å². The number of imide groups is 1. The van der Waals surface area contributed by atoms with Gasteiger partial charge in [-0.05, 0) is 49.4 Å². The zero-order valence-electron chi connectivity index (χ0n) is 15.7. The Labute approximate surface area is 166 Å². The second-order valence-electron chi connectivity index (χ2n) is 6.37. The van der Waals surface area contributed by atoms with Gasteiger partial charge in [-0.1, -0.05) is 19.1 Å².